The third-order valence-electron chi connectivity index (χ3n) is 5.18. The number of nitrogens with one attached hydrogen (secondary N) is 2. The van der Waals surface area contributed by atoms with Gasteiger partial charge in [-0.25, -0.2) is 9.88 Å². The predicted octanol–water partition coefficient (Wildman–Crippen LogP) is 0.191. The summed E-state index contributed by atoms with van der Waals surface area (Å²) in [7, 11) is 0. The molecule has 1 aliphatic rings. The van der Waals surface area contributed by atoms with Crippen LogP contribution in [-0.2, 0) is 30.6 Å². The molecule has 3 heterocycles. The zero-order chi connectivity index (χ0) is 26.7. The maximum atomic E-state index is 12.3. The van der Waals surface area contributed by atoms with Crippen molar-refractivity contribution in [2.24, 2.45) is 0 Å². The lowest BCUT2D eigenvalue weighted by Gasteiger charge is -2.28. The first-order chi connectivity index (χ1) is 16.8. The fourth-order valence-corrected chi connectivity index (χ4v) is 5.82. The first kappa shape index (κ1) is 28.1. The van der Waals surface area contributed by atoms with Crippen LogP contribution in [0.25, 0.3) is 0 Å². The molecule has 2 aromatic heterocycles. The summed E-state index contributed by atoms with van der Waals surface area (Å²) in [4.78, 5) is 42.0. The van der Waals surface area contributed by atoms with E-state index in [2.05, 4.69) is 15.1 Å². The molecule has 4 N–H and O–H groups in total. The number of aliphatic hydroxyl groups excluding tert-OH is 1. The SMILES string of the molecule is CC(C)OC(=O)[C@H](C)NP(=S)(OC[C@H]1O[C@@H](n2ccc(=O)[nH]c2=O)[C@](C)(O)[C@@H]1O)Oc1cccnc1. The second-order valence-corrected chi connectivity index (χ2v) is 11.8. The zero-order valence-corrected chi connectivity index (χ0v) is 21.8. The first-order valence-corrected chi connectivity index (χ1v) is 13.7. The normalized spacial score (nSPS) is 26.4. The van der Waals surface area contributed by atoms with Gasteiger partial charge in [0.1, 0.15) is 29.6 Å². The monoisotopic (exact) mass is 544 g/mol. The highest BCUT2D eigenvalue weighted by molar-refractivity contribution is 8.09. The fraction of sp³-hybridized carbons (Fsp3) is 0.524. The summed E-state index contributed by atoms with van der Waals surface area (Å²) in [6, 6.07) is 3.40. The maximum absolute atomic E-state index is 12.3. The summed E-state index contributed by atoms with van der Waals surface area (Å²) in [5.74, 6) is -0.300. The smallest absolute Gasteiger partial charge is 0.330 e. The van der Waals surface area contributed by atoms with Crippen LogP contribution in [0.4, 0.5) is 0 Å². The van der Waals surface area contributed by atoms with E-state index in [9.17, 15) is 24.6 Å². The van der Waals surface area contributed by atoms with Crippen LogP contribution in [0.3, 0.4) is 0 Å². The van der Waals surface area contributed by atoms with Crippen molar-refractivity contribution in [3.05, 3.63) is 57.6 Å². The third-order valence-corrected chi connectivity index (χ3v) is 7.68. The number of esters is 1. The van der Waals surface area contributed by atoms with Gasteiger partial charge in [0, 0.05) is 18.5 Å². The molecule has 2 aromatic rings. The highest BCUT2D eigenvalue weighted by Gasteiger charge is 2.53. The van der Waals surface area contributed by atoms with Crippen LogP contribution in [0.1, 0.15) is 33.9 Å². The van der Waals surface area contributed by atoms with E-state index < -0.39 is 53.9 Å². The van der Waals surface area contributed by atoms with Crippen LogP contribution in [0.15, 0.2) is 46.4 Å². The van der Waals surface area contributed by atoms with E-state index in [-0.39, 0.29) is 18.5 Å². The number of rotatable bonds is 10. The minimum absolute atomic E-state index is 0.273. The second kappa shape index (κ2) is 11.3. The van der Waals surface area contributed by atoms with Gasteiger partial charge < -0.3 is 28.7 Å². The van der Waals surface area contributed by atoms with Gasteiger partial charge in [0.05, 0.1) is 18.9 Å². The van der Waals surface area contributed by atoms with E-state index in [1.165, 1.54) is 26.2 Å². The molecular formula is C21H29N4O9PS. The number of aliphatic hydroxyl groups is 2. The predicted molar refractivity (Wildman–Crippen MR) is 131 cm³/mol. The molecule has 198 valence electrons. The Balaban J connectivity index is 1.80. The van der Waals surface area contributed by atoms with E-state index in [1.54, 1.807) is 26.0 Å². The Morgan fingerprint density at radius 1 is 1.39 bits per heavy atom. The van der Waals surface area contributed by atoms with E-state index >= 15 is 0 Å². The van der Waals surface area contributed by atoms with Gasteiger partial charge in [0.25, 0.3) is 5.56 Å². The number of nitrogens with zero attached hydrogens (tertiary/aromatic N) is 2. The van der Waals surface area contributed by atoms with Crippen molar-refractivity contribution in [2.75, 3.05) is 6.61 Å². The largest absolute Gasteiger partial charge is 0.462 e. The minimum atomic E-state index is -3.47. The highest BCUT2D eigenvalue weighted by atomic mass is 32.5. The summed E-state index contributed by atoms with van der Waals surface area (Å²) < 4.78 is 23.6. The maximum Gasteiger partial charge on any atom is 0.330 e. The number of hydrogen-bond acceptors (Lipinski definition) is 11. The molecule has 0 radical (unpaired) electrons. The molecule has 1 unspecified atom stereocenters. The lowest BCUT2D eigenvalue weighted by Crippen LogP contribution is -2.47. The molecule has 0 aromatic carbocycles. The average molecular weight is 545 g/mol. The lowest BCUT2D eigenvalue weighted by atomic mass is 9.96. The van der Waals surface area contributed by atoms with Crippen molar-refractivity contribution in [1.82, 2.24) is 19.6 Å². The van der Waals surface area contributed by atoms with Crippen molar-refractivity contribution in [1.29, 1.82) is 0 Å². The van der Waals surface area contributed by atoms with Crippen molar-refractivity contribution in [2.45, 2.75) is 63.9 Å². The molecule has 0 spiro atoms. The second-order valence-electron chi connectivity index (χ2n) is 8.62. The van der Waals surface area contributed by atoms with Crippen molar-refractivity contribution < 1.29 is 33.5 Å². The van der Waals surface area contributed by atoms with Gasteiger partial charge in [-0.15, -0.1) is 0 Å². The molecule has 1 fully saturated rings. The zero-order valence-electron chi connectivity index (χ0n) is 20.1. The Bertz CT molecular complexity index is 1220. The third kappa shape index (κ3) is 6.65. The molecule has 1 saturated heterocycles. The van der Waals surface area contributed by atoms with Crippen LogP contribution in [0.2, 0.25) is 0 Å². The topological polar surface area (TPSA) is 174 Å². The van der Waals surface area contributed by atoms with E-state index in [1.807, 2.05) is 0 Å². The minimum Gasteiger partial charge on any atom is -0.462 e. The summed E-state index contributed by atoms with van der Waals surface area (Å²) in [5, 5.41) is 24.5. The Kier molecular flexibility index (Phi) is 8.83. The Labute approximate surface area is 211 Å². The number of carbonyl (C=O) groups is 1. The van der Waals surface area contributed by atoms with Gasteiger partial charge >= 0.3 is 18.3 Å². The van der Waals surface area contributed by atoms with Crippen molar-refractivity contribution in [3.63, 3.8) is 0 Å². The summed E-state index contributed by atoms with van der Waals surface area (Å²) in [6.07, 6.45) is -0.247. The molecule has 13 nitrogen and oxygen atoms in total. The number of H-pyrrole nitrogens is 1. The summed E-state index contributed by atoms with van der Waals surface area (Å²) >= 11 is 5.61. The highest BCUT2D eigenvalue weighted by Crippen LogP contribution is 2.47. The van der Waals surface area contributed by atoms with Gasteiger partial charge in [-0.05, 0) is 51.6 Å². The van der Waals surface area contributed by atoms with E-state index in [4.69, 9.17) is 30.3 Å². The summed E-state index contributed by atoms with van der Waals surface area (Å²) in [5.41, 5.74) is -3.38. The quantitative estimate of drug-likeness (QED) is 0.236. The first-order valence-electron chi connectivity index (χ1n) is 11.0. The van der Waals surface area contributed by atoms with Gasteiger partial charge in [0.2, 0.25) is 0 Å². The van der Waals surface area contributed by atoms with E-state index in [0.29, 0.717) is 0 Å². The number of carbonyl (C=O) groups excluding carboxylic acids is 1. The van der Waals surface area contributed by atoms with Crippen molar-refractivity contribution >= 4 is 24.4 Å². The number of aromatic nitrogens is 3. The Morgan fingerprint density at radius 3 is 2.72 bits per heavy atom. The molecule has 6 atom stereocenters. The van der Waals surface area contributed by atoms with Gasteiger partial charge in [-0.2, -0.15) is 0 Å². The number of aromatic amines is 1. The fourth-order valence-electron chi connectivity index (χ4n) is 3.42. The Morgan fingerprint density at radius 2 is 2.11 bits per heavy atom. The molecule has 0 bridgehead atoms. The number of hydrogen-bond donors (Lipinski definition) is 4. The Hall–Kier alpha value is -2.45. The van der Waals surface area contributed by atoms with E-state index in [0.717, 1.165) is 16.8 Å². The molecule has 0 aliphatic carbocycles. The standard InChI is InChI=1S/C21H29N4O9PS/c1-12(2)32-18(28)13(3)24-35(36,34-14-6-5-8-22-10-14)31-11-15-17(27)21(4,30)19(33-15)25-9-7-16(26)23-20(25)29/h5-10,12-13,15,17,19,27,30H,11H2,1-4H3,(H,24,36)(H,23,26,29)/t13-,15+,17+,19+,21+,35?/m0/s1. The van der Waals surface area contributed by atoms with Gasteiger partial charge in [-0.3, -0.25) is 24.1 Å². The van der Waals surface area contributed by atoms with Gasteiger partial charge in [0.15, 0.2) is 6.23 Å². The van der Waals surface area contributed by atoms with Crippen LogP contribution >= 0.6 is 6.64 Å². The number of pyridine rings is 1. The molecule has 0 saturated carbocycles. The van der Waals surface area contributed by atoms with Crippen LogP contribution < -0.4 is 20.9 Å². The van der Waals surface area contributed by atoms with Crippen molar-refractivity contribution in [3.8, 4) is 5.75 Å². The molecular weight excluding hydrogens is 515 g/mol. The van der Waals surface area contributed by atoms with Crippen LogP contribution in [-0.4, -0.2) is 67.3 Å². The average Bonchev–Trinajstić information content (AvgIpc) is 3.01. The molecule has 0 amide bonds. The molecule has 1 aliphatic heterocycles. The molecule has 15 heteroatoms. The van der Waals surface area contributed by atoms with Crippen LogP contribution in [0, 0.1) is 0 Å². The molecule has 3 rings (SSSR count). The number of ether oxygens (including phenoxy) is 2. The van der Waals surface area contributed by atoms with Gasteiger partial charge in [-0.1, -0.05) is 0 Å². The molecule has 36 heavy (non-hydrogen) atoms. The lowest BCUT2D eigenvalue weighted by molar-refractivity contribution is -0.149. The summed E-state index contributed by atoms with van der Waals surface area (Å²) in [6.45, 7) is 2.39. The van der Waals surface area contributed by atoms with Crippen LogP contribution in [0.5, 0.6) is 5.75 Å².